The third kappa shape index (κ3) is 10.2. The standard InChI is InChI=1S/C48H59F3N6O10S2/c1-28(2)66-33-13-11-31(12-14-33)36-20-34(21-37(53-36)39-24-52-27-68-39)67-35-22-38-41(58)54-47(43(60)55-69(63,64)45(5)16-17-45)23-32(47)10-7-6-9-29(3)19-30(4)40(42(59)56(38)25-35)57(44(61)62)46(48(49,50)51)15-8-18-65-26-46/h7,10-14,20-21,24,27-30,32,35,38,40H,6,8-9,15-19,22-23,25-26H2,1-5H3,(H,54,58)(H,55,60)(H,61,62)/t29-,30-,32-,35-,38+,40+,46?,47-/m1/s1. The van der Waals surface area contributed by atoms with Crippen molar-refractivity contribution < 1.29 is 60.1 Å². The molecule has 2 saturated heterocycles. The maximum Gasteiger partial charge on any atom is 0.414 e. The number of alkyl halides is 3. The summed E-state index contributed by atoms with van der Waals surface area (Å²) in [7, 11) is -4.15. The molecule has 374 valence electrons. The van der Waals surface area contributed by atoms with E-state index in [0.29, 0.717) is 53.3 Å². The summed E-state index contributed by atoms with van der Waals surface area (Å²) in [6, 6.07) is 7.16. The Kier molecular flexibility index (Phi) is 13.9. The number of carboxylic acid groups (broad SMARTS) is 1. The molecule has 4 fully saturated rings. The molecule has 3 N–H and O–H groups in total. The zero-order valence-corrected chi connectivity index (χ0v) is 40.8. The fourth-order valence-corrected chi connectivity index (χ4v) is 11.9. The van der Waals surface area contributed by atoms with Crippen molar-refractivity contribution in [3.05, 3.63) is 60.3 Å². The van der Waals surface area contributed by atoms with Crippen LogP contribution in [0.5, 0.6) is 11.5 Å². The van der Waals surface area contributed by atoms with Crippen LogP contribution in [0.1, 0.15) is 92.4 Å². The van der Waals surface area contributed by atoms with E-state index >= 15 is 18.0 Å². The fourth-order valence-electron chi connectivity index (χ4n) is 10.00. The molecular formula is C48H59F3N6O10S2. The lowest BCUT2D eigenvalue weighted by Gasteiger charge is -2.50. The van der Waals surface area contributed by atoms with E-state index in [2.05, 4.69) is 15.0 Å². The van der Waals surface area contributed by atoms with Crippen LogP contribution >= 0.6 is 11.3 Å². The Morgan fingerprint density at radius 1 is 1.07 bits per heavy atom. The predicted molar refractivity (Wildman–Crippen MR) is 249 cm³/mol. The molecule has 8 atom stereocenters. The third-order valence-corrected chi connectivity index (χ3v) is 17.2. The highest BCUT2D eigenvalue weighted by molar-refractivity contribution is 7.91. The van der Waals surface area contributed by atoms with E-state index < -0.39 is 98.9 Å². The molecule has 0 radical (unpaired) electrons. The molecule has 16 nitrogen and oxygen atoms in total. The Hall–Kier alpha value is -5.28. The smallest absolute Gasteiger partial charge is 0.414 e. The highest BCUT2D eigenvalue weighted by Gasteiger charge is 2.66. The van der Waals surface area contributed by atoms with Crippen molar-refractivity contribution in [2.45, 2.75) is 139 Å². The van der Waals surface area contributed by atoms with Crippen LogP contribution < -0.4 is 19.5 Å². The largest absolute Gasteiger partial charge is 0.491 e. The van der Waals surface area contributed by atoms with E-state index in [1.165, 1.54) is 18.3 Å². The van der Waals surface area contributed by atoms with Gasteiger partial charge in [0.1, 0.15) is 35.2 Å². The first kappa shape index (κ1) is 50.1. The molecular weight excluding hydrogens is 942 g/mol. The van der Waals surface area contributed by atoms with Crippen LogP contribution in [0, 0.1) is 17.8 Å². The number of amides is 4. The molecule has 69 heavy (non-hydrogen) atoms. The normalized spacial score (nSPS) is 29.4. The Morgan fingerprint density at radius 3 is 2.42 bits per heavy atom. The number of pyridine rings is 1. The number of hydrogen-bond donors (Lipinski definition) is 3. The minimum Gasteiger partial charge on any atom is -0.491 e. The van der Waals surface area contributed by atoms with Crippen molar-refractivity contribution in [3.63, 3.8) is 0 Å². The zero-order chi connectivity index (χ0) is 49.7. The van der Waals surface area contributed by atoms with Crippen molar-refractivity contribution in [1.82, 2.24) is 29.8 Å². The van der Waals surface area contributed by atoms with Crippen LogP contribution in [0.2, 0.25) is 0 Å². The van der Waals surface area contributed by atoms with Crippen LogP contribution in [0.15, 0.2) is 60.3 Å². The average Bonchev–Trinajstić information content (AvgIpc) is 4.04. The Morgan fingerprint density at radius 2 is 1.80 bits per heavy atom. The molecule has 1 aromatic carbocycles. The lowest BCUT2D eigenvalue weighted by Crippen LogP contribution is -2.71. The second kappa shape index (κ2) is 19.1. The van der Waals surface area contributed by atoms with E-state index in [-0.39, 0.29) is 61.5 Å². The van der Waals surface area contributed by atoms with Gasteiger partial charge in [-0.05, 0) is 108 Å². The molecule has 4 amide bonds. The summed E-state index contributed by atoms with van der Waals surface area (Å²) < 4.78 is 92.3. The molecule has 2 saturated carbocycles. The maximum absolute atomic E-state index is 15.5. The Labute approximate surface area is 403 Å². The molecule has 21 heteroatoms. The minimum atomic E-state index is -5.16. The van der Waals surface area contributed by atoms with Gasteiger partial charge in [-0.1, -0.05) is 26.0 Å². The van der Waals surface area contributed by atoms with E-state index in [1.807, 2.05) is 39.0 Å². The van der Waals surface area contributed by atoms with Crippen LogP contribution in [0.25, 0.3) is 21.8 Å². The first-order valence-corrected chi connectivity index (χ1v) is 25.8. The SMILES string of the molecule is CC(C)Oc1ccc(-c2cc(O[C@@H]3C[C@H]4C(=O)N[C@]5(C(=O)NS(=O)(=O)C6(C)CC6)C[C@H]5C=CCC[C@@H](C)C[C@@H](C)[C@H](N(C(=O)O)C5(C(F)(F)F)CCCOC5)C(=O)N4C3)cc(-c3cncs3)n2)cc1. The number of nitrogens with zero attached hydrogens (tertiary/aromatic N) is 4. The highest BCUT2D eigenvalue weighted by Crippen LogP contribution is 2.49. The number of rotatable bonds is 11. The number of carbonyl (C=O) groups is 4. The van der Waals surface area contributed by atoms with Crippen LogP contribution in [-0.2, 0) is 29.1 Å². The van der Waals surface area contributed by atoms with Crippen molar-refractivity contribution in [3.8, 4) is 33.3 Å². The number of sulfonamides is 1. The van der Waals surface area contributed by atoms with Crippen LogP contribution in [0.4, 0.5) is 18.0 Å². The van der Waals surface area contributed by atoms with Crippen LogP contribution in [0.3, 0.4) is 0 Å². The van der Waals surface area contributed by atoms with Gasteiger partial charge < -0.3 is 29.5 Å². The molecule has 3 aromatic rings. The fraction of sp³-hybridized carbons (Fsp3) is 0.583. The van der Waals surface area contributed by atoms with Gasteiger partial charge in [0.05, 0.1) is 45.8 Å². The number of nitrogens with one attached hydrogen (secondary N) is 2. The number of thiazole rings is 1. The summed E-state index contributed by atoms with van der Waals surface area (Å²) in [5.41, 5.74) is -1.50. The number of hydrogen-bond acceptors (Lipinski definition) is 12. The Balaban J connectivity index is 1.20. The van der Waals surface area contributed by atoms with Crippen molar-refractivity contribution >= 4 is 45.2 Å². The predicted octanol–water partition coefficient (Wildman–Crippen LogP) is 7.35. The maximum atomic E-state index is 15.5. The number of ether oxygens (including phenoxy) is 3. The van der Waals surface area contributed by atoms with Gasteiger partial charge in [0.15, 0.2) is 5.54 Å². The second-order valence-electron chi connectivity index (χ2n) is 19.9. The van der Waals surface area contributed by atoms with Gasteiger partial charge >= 0.3 is 12.3 Å². The van der Waals surface area contributed by atoms with Gasteiger partial charge in [-0.15, -0.1) is 11.3 Å². The van der Waals surface area contributed by atoms with E-state index in [1.54, 1.807) is 49.0 Å². The summed E-state index contributed by atoms with van der Waals surface area (Å²) in [6.07, 6.45) is -2.22. The topological polar surface area (TPSA) is 207 Å². The second-order valence-corrected chi connectivity index (χ2v) is 23.0. The summed E-state index contributed by atoms with van der Waals surface area (Å²) in [5.74, 6) is -3.81. The number of aromatic nitrogens is 2. The summed E-state index contributed by atoms with van der Waals surface area (Å²) >= 11 is 1.33. The third-order valence-electron chi connectivity index (χ3n) is 14.2. The van der Waals surface area contributed by atoms with E-state index in [4.69, 9.17) is 19.2 Å². The monoisotopic (exact) mass is 1000 g/mol. The van der Waals surface area contributed by atoms with Crippen LogP contribution in [-0.4, -0.2) is 123 Å². The Bertz CT molecular complexity index is 2550. The number of benzene rings is 1. The summed E-state index contributed by atoms with van der Waals surface area (Å²) in [5, 5.41) is 13.7. The van der Waals surface area contributed by atoms with Crippen molar-refractivity contribution in [1.29, 1.82) is 0 Å². The minimum absolute atomic E-state index is 0.0342. The molecule has 2 aromatic heterocycles. The summed E-state index contributed by atoms with van der Waals surface area (Å²) in [6.45, 7) is 7.32. The number of allylic oxidation sites excluding steroid dienone is 1. The van der Waals surface area contributed by atoms with Crippen molar-refractivity contribution in [2.24, 2.45) is 17.8 Å². The first-order chi connectivity index (χ1) is 32.6. The molecule has 3 aliphatic heterocycles. The zero-order valence-electron chi connectivity index (χ0n) is 39.2. The molecule has 1 unspecified atom stereocenters. The van der Waals surface area contributed by atoms with Gasteiger partial charge in [0, 0.05) is 42.8 Å². The van der Waals surface area contributed by atoms with E-state index in [0.717, 1.165) is 4.90 Å². The van der Waals surface area contributed by atoms with Gasteiger partial charge in [0.25, 0.3) is 5.91 Å². The number of carbonyl (C=O) groups excluding carboxylic acids is 3. The summed E-state index contributed by atoms with van der Waals surface area (Å²) in [4.78, 5) is 69.2. The molecule has 5 aliphatic rings. The quantitative estimate of drug-likeness (QED) is 0.161. The first-order valence-electron chi connectivity index (χ1n) is 23.4. The number of fused-ring (bicyclic) bond motifs is 2. The lowest BCUT2D eigenvalue weighted by atomic mass is 9.82. The van der Waals surface area contributed by atoms with Gasteiger partial charge in [-0.2, -0.15) is 13.2 Å². The van der Waals surface area contributed by atoms with Gasteiger partial charge in [0.2, 0.25) is 21.8 Å². The molecule has 2 aliphatic carbocycles. The molecule has 0 spiro atoms. The van der Waals surface area contributed by atoms with Gasteiger partial charge in [-0.3, -0.25) is 29.0 Å². The van der Waals surface area contributed by atoms with Gasteiger partial charge in [-0.25, -0.2) is 18.2 Å². The molecule has 5 heterocycles. The average molecular weight is 1000 g/mol. The van der Waals surface area contributed by atoms with Crippen molar-refractivity contribution in [2.75, 3.05) is 19.8 Å². The molecule has 8 rings (SSSR count). The molecule has 0 bridgehead atoms. The number of halogens is 3. The van der Waals surface area contributed by atoms with E-state index in [9.17, 15) is 27.9 Å². The lowest BCUT2D eigenvalue weighted by molar-refractivity contribution is -0.260. The highest BCUT2D eigenvalue weighted by atomic mass is 32.2.